The van der Waals surface area contributed by atoms with Crippen LogP contribution >= 0.6 is 0 Å². The third kappa shape index (κ3) is 4.77. The molecule has 0 aromatic heterocycles. The van der Waals surface area contributed by atoms with Crippen LogP contribution in [-0.4, -0.2) is 16.5 Å². The molecule has 16 heavy (non-hydrogen) atoms. The SMILES string of the molecule is CC(=O)Cc1ccc(C#CC(C)(C)O)cc1. The van der Waals surface area contributed by atoms with Crippen molar-refractivity contribution in [3.05, 3.63) is 35.4 Å². The van der Waals surface area contributed by atoms with E-state index in [-0.39, 0.29) is 5.78 Å². The van der Waals surface area contributed by atoms with E-state index in [1.807, 2.05) is 24.3 Å². The predicted molar refractivity (Wildman–Crippen MR) is 64.0 cm³/mol. The van der Waals surface area contributed by atoms with Crippen LogP contribution in [0.25, 0.3) is 0 Å². The average molecular weight is 216 g/mol. The van der Waals surface area contributed by atoms with Crippen LogP contribution in [0.1, 0.15) is 31.9 Å². The minimum Gasteiger partial charge on any atom is -0.378 e. The van der Waals surface area contributed by atoms with E-state index in [1.165, 1.54) is 0 Å². The van der Waals surface area contributed by atoms with Crippen LogP contribution in [-0.2, 0) is 11.2 Å². The second-order valence-corrected chi connectivity index (χ2v) is 4.38. The summed E-state index contributed by atoms with van der Waals surface area (Å²) in [6.07, 6.45) is 0.458. The molecule has 0 fully saturated rings. The molecule has 0 aliphatic rings. The minimum atomic E-state index is -0.974. The van der Waals surface area contributed by atoms with Gasteiger partial charge in [-0.1, -0.05) is 24.0 Å². The maximum Gasteiger partial charge on any atom is 0.134 e. The standard InChI is InChI=1S/C14H16O2/c1-11(15)10-13-6-4-12(5-7-13)8-9-14(2,3)16/h4-7,16H,10H2,1-3H3. The summed E-state index contributed by atoms with van der Waals surface area (Å²) < 4.78 is 0. The molecule has 1 N–H and O–H groups in total. The van der Waals surface area contributed by atoms with Gasteiger partial charge in [-0.2, -0.15) is 0 Å². The van der Waals surface area contributed by atoms with Gasteiger partial charge in [0.1, 0.15) is 11.4 Å². The lowest BCUT2D eigenvalue weighted by Gasteiger charge is -2.05. The lowest BCUT2D eigenvalue weighted by atomic mass is 10.1. The molecule has 0 saturated carbocycles. The van der Waals surface area contributed by atoms with Gasteiger partial charge < -0.3 is 5.11 Å². The molecule has 0 radical (unpaired) electrons. The van der Waals surface area contributed by atoms with Crippen molar-refractivity contribution in [2.24, 2.45) is 0 Å². The third-order valence-corrected chi connectivity index (χ3v) is 1.92. The Morgan fingerprint density at radius 3 is 2.31 bits per heavy atom. The molecule has 1 rings (SSSR count). The van der Waals surface area contributed by atoms with Gasteiger partial charge in [-0.15, -0.1) is 0 Å². The fourth-order valence-electron chi connectivity index (χ4n) is 1.22. The van der Waals surface area contributed by atoms with Crippen molar-refractivity contribution in [1.82, 2.24) is 0 Å². The first kappa shape index (κ1) is 12.5. The molecule has 0 unspecified atom stereocenters. The van der Waals surface area contributed by atoms with Crippen molar-refractivity contribution in [3.8, 4) is 11.8 Å². The molecule has 0 aliphatic carbocycles. The van der Waals surface area contributed by atoms with Gasteiger partial charge in [0.05, 0.1) is 0 Å². The fraction of sp³-hybridized carbons (Fsp3) is 0.357. The molecule has 84 valence electrons. The molecule has 0 bridgehead atoms. The molecule has 1 aromatic rings. The van der Waals surface area contributed by atoms with E-state index in [2.05, 4.69) is 11.8 Å². The molecule has 0 spiro atoms. The molecular weight excluding hydrogens is 200 g/mol. The number of rotatable bonds is 2. The van der Waals surface area contributed by atoms with Gasteiger partial charge in [0.2, 0.25) is 0 Å². The zero-order chi connectivity index (χ0) is 12.2. The molecule has 1 aromatic carbocycles. The van der Waals surface area contributed by atoms with Crippen LogP contribution in [0.4, 0.5) is 0 Å². The van der Waals surface area contributed by atoms with Gasteiger partial charge in [-0.05, 0) is 38.5 Å². The highest BCUT2D eigenvalue weighted by molar-refractivity contribution is 5.78. The van der Waals surface area contributed by atoms with E-state index in [0.29, 0.717) is 6.42 Å². The highest BCUT2D eigenvalue weighted by Crippen LogP contribution is 2.05. The van der Waals surface area contributed by atoms with E-state index in [4.69, 9.17) is 0 Å². The van der Waals surface area contributed by atoms with Crippen LogP contribution in [0, 0.1) is 11.8 Å². The van der Waals surface area contributed by atoms with Crippen molar-refractivity contribution in [1.29, 1.82) is 0 Å². The number of carbonyl (C=O) groups excluding carboxylic acids is 1. The lowest BCUT2D eigenvalue weighted by Crippen LogP contribution is -2.14. The first-order valence-corrected chi connectivity index (χ1v) is 5.21. The number of hydrogen-bond donors (Lipinski definition) is 1. The zero-order valence-corrected chi connectivity index (χ0v) is 9.87. The summed E-state index contributed by atoms with van der Waals surface area (Å²) in [7, 11) is 0. The maximum absolute atomic E-state index is 10.9. The zero-order valence-electron chi connectivity index (χ0n) is 9.87. The smallest absolute Gasteiger partial charge is 0.134 e. The van der Waals surface area contributed by atoms with Gasteiger partial charge in [0.15, 0.2) is 0 Å². The Morgan fingerprint density at radius 1 is 1.31 bits per heavy atom. The van der Waals surface area contributed by atoms with Crippen molar-refractivity contribution in [3.63, 3.8) is 0 Å². The molecule has 0 atom stereocenters. The Bertz CT molecular complexity index is 425. The number of hydrogen-bond acceptors (Lipinski definition) is 2. The minimum absolute atomic E-state index is 0.148. The summed E-state index contributed by atoms with van der Waals surface area (Å²) in [6, 6.07) is 7.49. The first-order chi connectivity index (χ1) is 7.37. The quantitative estimate of drug-likeness (QED) is 0.767. The fourth-order valence-corrected chi connectivity index (χ4v) is 1.22. The summed E-state index contributed by atoms with van der Waals surface area (Å²) in [5, 5.41) is 9.43. The van der Waals surface area contributed by atoms with E-state index >= 15 is 0 Å². The number of benzene rings is 1. The van der Waals surface area contributed by atoms with Crippen molar-refractivity contribution >= 4 is 5.78 Å². The summed E-state index contributed by atoms with van der Waals surface area (Å²) in [5.74, 6) is 5.77. The molecule has 2 heteroatoms. The normalized spacial score (nSPS) is 10.5. The molecule has 0 saturated heterocycles. The highest BCUT2D eigenvalue weighted by atomic mass is 16.3. The second kappa shape index (κ2) is 4.96. The Balaban J connectivity index is 2.78. The van der Waals surface area contributed by atoms with E-state index in [1.54, 1.807) is 20.8 Å². The number of ketones is 1. The molecular formula is C14H16O2. The largest absolute Gasteiger partial charge is 0.378 e. The average Bonchev–Trinajstić information content (AvgIpc) is 2.14. The van der Waals surface area contributed by atoms with Gasteiger partial charge in [-0.3, -0.25) is 4.79 Å². The van der Waals surface area contributed by atoms with E-state index in [9.17, 15) is 9.90 Å². The van der Waals surface area contributed by atoms with Gasteiger partial charge in [0, 0.05) is 12.0 Å². The van der Waals surface area contributed by atoms with Gasteiger partial charge >= 0.3 is 0 Å². The maximum atomic E-state index is 10.9. The highest BCUT2D eigenvalue weighted by Gasteiger charge is 2.05. The Kier molecular flexibility index (Phi) is 3.87. The lowest BCUT2D eigenvalue weighted by molar-refractivity contribution is -0.116. The molecule has 0 heterocycles. The Morgan fingerprint density at radius 2 is 1.88 bits per heavy atom. The van der Waals surface area contributed by atoms with Gasteiger partial charge in [-0.25, -0.2) is 0 Å². The van der Waals surface area contributed by atoms with Crippen LogP contribution in [0.15, 0.2) is 24.3 Å². The predicted octanol–water partition coefficient (Wildman–Crippen LogP) is 1.94. The summed E-state index contributed by atoms with van der Waals surface area (Å²) in [6.45, 7) is 4.86. The van der Waals surface area contributed by atoms with Gasteiger partial charge in [0.25, 0.3) is 0 Å². The summed E-state index contributed by atoms with van der Waals surface area (Å²) >= 11 is 0. The van der Waals surface area contributed by atoms with E-state index in [0.717, 1.165) is 11.1 Å². The molecule has 0 aliphatic heterocycles. The summed E-state index contributed by atoms with van der Waals surface area (Å²) in [4.78, 5) is 10.9. The molecule has 0 amide bonds. The van der Waals surface area contributed by atoms with Crippen LogP contribution in [0.2, 0.25) is 0 Å². The topological polar surface area (TPSA) is 37.3 Å². The van der Waals surface area contributed by atoms with Crippen molar-refractivity contribution in [2.45, 2.75) is 32.8 Å². The second-order valence-electron chi connectivity index (χ2n) is 4.38. The Labute approximate surface area is 96.3 Å². The van der Waals surface area contributed by atoms with Crippen LogP contribution < -0.4 is 0 Å². The number of carbonyl (C=O) groups is 1. The third-order valence-electron chi connectivity index (χ3n) is 1.92. The molecule has 2 nitrogen and oxygen atoms in total. The van der Waals surface area contributed by atoms with Crippen LogP contribution in [0.3, 0.4) is 0 Å². The van der Waals surface area contributed by atoms with Crippen molar-refractivity contribution < 1.29 is 9.90 Å². The number of aliphatic hydroxyl groups is 1. The van der Waals surface area contributed by atoms with Crippen LogP contribution in [0.5, 0.6) is 0 Å². The monoisotopic (exact) mass is 216 g/mol. The summed E-state index contributed by atoms with van der Waals surface area (Å²) in [5.41, 5.74) is 0.855. The van der Waals surface area contributed by atoms with E-state index < -0.39 is 5.60 Å². The number of Topliss-reactive ketones (excluding diaryl/α,β-unsaturated/α-hetero) is 1. The first-order valence-electron chi connectivity index (χ1n) is 5.21. The van der Waals surface area contributed by atoms with Crippen molar-refractivity contribution in [2.75, 3.05) is 0 Å². The Hall–Kier alpha value is -1.59.